The van der Waals surface area contributed by atoms with E-state index in [1.807, 2.05) is 19.2 Å². The second-order valence-electron chi connectivity index (χ2n) is 5.83. The second kappa shape index (κ2) is 6.99. The molecule has 0 radical (unpaired) electrons. The normalized spacial score (nSPS) is 11.4. The predicted molar refractivity (Wildman–Crippen MR) is 109 cm³/mol. The van der Waals surface area contributed by atoms with Gasteiger partial charge in [0.05, 0.1) is 5.39 Å². The van der Waals surface area contributed by atoms with E-state index >= 15 is 0 Å². The lowest BCUT2D eigenvalue weighted by atomic mass is 10.3. The topological polar surface area (TPSA) is 81.3 Å². The maximum Gasteiger partial charge on any atom is 0.270 e. The first-order valence-corrected chi connectivity index (χ1v) is 10.4. The molecular formula is C17H14ClN5O2S2. The molecule has 0 saturated heterocycles. The summed E-state index contributed by atoms with van der Waals surface area (Å²) in [6.45, 7) is 1.86. The van der Waals surface area contributed by atoms with Gasteiger partial charge in [-0.3, -0.25) is 9.59 Å². The van der Waals surface area contributed by atoms with Crippen molar-refractivity contribution in [3.8, 4) is 0 Å². The van der Waals surface area contributed by atoms with Gasteiger partial charge in [-0.2, -0.15) is 0 Å². The Morgan fingerprint density at radius 1 is 1.37 bits per heavy atom. The number of hydrogen-bond acceptors (Lipinski definition) is 6. The fraction of sp³-hybridized carbons (Fsp3) is 0.176. The monoisotopic (exact) mass is 419 g/mol. The minimum Gasteiger partial charge on any atom is -0.324 e. The molecule has 4 rings (SSSR count). The molecule has 138 valence electrons. The van der Waals surface area contributed by atoms with Crippen molar-refractivity contribution < 1.29 is 4.79 Å². The molecule has 0 aliphatic heterocycles. The molecule has 3 heterocycles. The molecule has 0 atom stereocenters. The third-order valence-corrected chi connectivity index (χ3v) is 5.69. The molecule has 3 aromatic heterocycles. The fourth-order valence-corrected chi connectivity index (χ4v) is 4.35. The summed E-state index contributed by atoms with van der Waals surface area (Å²) < 4.78 is 2.90. The van der Waals surface area contributed by atoms with Crippen molar-refractivity contribution in [3.05, 3.63) is 50.6 Å². The third-order valence-electron chi connectivity index (χ3n) is 3.88. The number of fused-ring (bicyclic) bond motifs is 2. The van der Waals surface area contributed by atoms with Crippen LogP contribution in [0.2, 0.25) is 5.02 Å². The van der Waals surface area contributed by atoms with Crippen LogP contribution in [-0.4, -0.2) is 31.3 Å². The van der Waals surface area contributed by atoms with Gasteiger partial charge in [-0.15, -0.1) is 16.4 Å². The van der Waals surface area contributed by atoms with E-state index in [-0.39, 0.29) is 18.0 Å². The van der Waals surface area contributed by atoms with Crippen LogP contribution in [-0.2, 0) is 11.3 Å². The number of carbonyl (C=O) groups is 1. The molecule has 4 aromatic rings. The number of aromatic nitrogens is 4. The lowest BCUT2D eigenvalue weighted by Crippen LogP contribution is -2.21. The van der Waals surface area contributed by atoms with Gasteiger partial charge in [0.2, 0.25) is 11.7 Å². The molecule has 7 nitrogen and oxygen atoms in total. The second-order valence-corrected chi connectivity index (χ2v) is 8.28. The van der Waals surface area contributed by atoms with Gasteiger partial charge in [0.1, 0.15) is 11.4 Å². The third kappa shape index (κ3) is 3.33. The zero-order chi connectivity index (χ0) is 19.1. The van der Waals surface area contributed by atoms with E-state index in [2.05, 4.69) is 15.4 Å². The number of carbonyl (C=O) groups excluding carboxylic acids is 1. The van der Waals surface area contributed by atoms with Crippen molar-refractivity contribution in [1.82, 2.24) is 19.2 Å². The van der Waals surface area contributed by atoms with Crippen molar-refractivity contribution in [1.29, 1.82) is 0 Å². The largest absolute Gasteiger partial charge is 0.324 e. The number of aryl methyl sites for hydroxylation is 1. The maximum atomic E-state index is 12.9. The van der Waals surface area contributed by atoms with Gasteiger partial charge in [0.15, 0.2) is 5.16 Å². The Balaban J connectivity index is 1.75. The molecule has 0 fully saturated rings. The first kappa shape index (κ1) is 18.0. The van der Waals surface area contributed by atoms with Crippen LogP contribution in [0.25, 0.3) is 16.0 Å². The SMILES string of the molecule is CSc1nn(CC(=O)Nc2cccc(Cl)c2)c2nc3sc(C)cc3c(=O)n12. The lowest BCUT2D eigenvalue weighted by Gasteiger charge is -2.06. The maximum absolute atomic E-state index is 12.9. The van der Waals surface area contributed by atoms with Crippen LogP contribution >= 0.6 is 34.7 Å². The first-order chi connectivity index (χ1) is 13.0. The molecule has 0 saturated carbocycles. The number of nitrogens with one attached hydrogen (secondary N) is 1. The smallest absolute Gasteiger partial charge is 0.270 e. The Morgan fingerprint density at radius 3 is 2.93 bits per heavy atom. The summed E-state index contributed by atoms with van der Waals surface area (Å²) in [5, 5.41) is 8.75. The summed E-state index contributed by atoms with van der Waals surface area (Å²) >= 11 is 8.71. The molecule has 10 heteroatoms. The Bertz CT molecular complexity index is 1240. The van der Waals surface area contributed by atoms with Crippen LogP contribution in [0.15, 0.2) is 40.3 Å². The Kier molecular flexibility index (Phi) is 4.67. The molecule has 1 amide bonds. The van der Waals surface area contributed by atoms with Crippen molar-refractivity contribution in [2.24, 2.45) is 0 Å². The molecule has 27 heavy (non-hydrogen) atoms. The molecule has 0 unspecified atom stereocenters. The minimum atomic E-state index is -0.286. The number of rotatable bonds is 4. The van der Waals surface area contributed by atoms with Gasteiger partial charge in [-0.05, 0) is 37.4 Å². The lowest BCUT2D eigenvalue weighted by molar-refractivity contribution is -0.116. The summed E-state index contributed by atoms with van der Waals surface area (Å²) in [6, 6.07) is 8.72. The number of amides is 1. The van der Waals surface area contributed by atoms with Crippen LogP contribution in [0, 0.1) is 6.92 Å². The van der Waals surface area contributed by atoms with E-state index in [9.17, 15) is 9.59 Å². The Morgan fingerprint density at radius 2 is 2.19 bits per heavy atom. The standard InChI is InChI=1S/C17H14ClN5O2S2/c1-9-6-12-14(27-9)20-16-22(21-17(26-2)23(16)15(12)25)8-13(24)19-11-5-3-4-10(18)7-11/h3-7H,8H2,1-2H3,(H,19,24). The zero-order valence-electron chi connectivity index (χ0n) is 14.4. The Hall–Kier alpha value is -2.36. The Labute approximate surface area is 167 Å². The fourth-order valence-electron chi connectivity index (χ4n) is 2.77. The number of halogens is 1. The first-order valence-electron chi connectivity index (χ1n) is 7.95. The number of benzene rings is 1. The van der Waals surface area contributed by atoms with E-state index in [0.29, 0.717) is 31.9 Å². The van der Waals surface area contributed by atoms with Crippen LogP contribution in [0.1, 0.15) is 4.88 Å². The predicted octanol–water partition coefficient (Wildman–Crippen LogP) is 3.43. The van der Waals surface area contributed by atoms with Gasteiger partial charge in [-0.25, -0.2) is 14.1 Å². The molecule has 0 bridgehead atoms. The number of nitrogens with zero attached hydrogens (tertiary/aromatic N) is 4. The average Bonchev–Trinajstić information content (AvgIpc) is 3.15. The van der Waals surface area contributed by atoms with Gasteiger partial charge in [0.25, 0.3) is 5.56 Å². The minimum absolute atomic E-state index is 0.0706. The van der Waals surface area contributed by atoms with E-state index < -0.39 is 0 Å². The van der Waals surface area contributed by atoms with Crippen molar-refractivity contribution >= 4 is 62.3 Å². The van der Waals surface area contributed by atoms with Gasteiger partial charge in [0, 0.05) is 15.6 Å². The highest BCUT2D eigenvalue weighted by atomic mass is 35.5. The molecule has 0 aliphatic rings. The van der Waals surface area contributed by atoms with E-state index in [0.717, 1.165) is 4.88 Å². The molecular weight excluding hydrogens is 406 g/mol. The highest BCUT2D eigenvalue weighted by Crippen LogP contribution is 2.23. The molecule has 1 aromatic carbocycles. The van der Waals surface area contributed by atoms with E-state index in [1.165, 1.54) is 32.2 Å². The van der Waals surface area contributed by atoms with E-state index in [1.54, 1.807) is 24.3 Å². The van der Waals surface area contributed by atoms with Crippen LogP contribution in [0.4, 0.5) is 5.69 Å². The number of hydrogen-bond donors (Lipinski definition) is 1. The van der Waals surface area contributed by atoms with Crippen molar-refractivity contribution in [2.75, 3.05) is 11.6 Å². The quantitative estimate of drug-likeness (QED) is 0.512. The number of thioether (sulfide) groups is 1. The molecule has 1 N–H and O–H groups in total. The van der Waals surface area contributed by atoms with Gasteiger partial charge >= 0.3 is 0 Å². The van der Waals surface area contributed by atoms with Gasteiger partial charge < -0.3 is 5.32 Å². The summed E-state index contributed by atoms with van der Waals surface area (Å²) in [7, 11) is 0. The van der Waals surface area contributed by atoms with E-state index in [4.69, 9.17) is 11.6 Å². The summed E-state index contributed by atoms with van der Waals surface area (Å²) in [5.74, 6) is 0.0616. The van der Waals surface area contributed by atoms with Crippen LogP contribution in [0.3, 0.4) is 0 Å². The number of thiophene rings is 1. The summed E-state index contributed by atoms with van der Waals surface area (Å²) in [4.78, 5) is 31.5. The molecule has 0 aliphatic carbocycles. The van der Waals surface area contributed by atoms with Crippen LogP contribution < -0.4 is 10.9 Å². The molecule has 0 spiro atoms. The summed E-state index contributed by atoms with van der Waals surface area (Å²) in [5.41, 5.74) is 0.417. The zero-order valence-corrected chi connectivity index (χ0v) is 16.8. The van der Waals surface area contributed by atoms with Crippen LogP contribution in [0.5, 0.6) is 0 Å². The van der Waals surface area contributed by atoms with Gasteiger partial charge in [-0.1, -0.05) is 29.4 Å². The highest BCUT2D eigenvalue weighted by Gasteiger charge is 2.18. The van der Waals surface area contributed by atoms with Crippen molar-refractivity contribution in [2.45, 2.75) is 18.6 Å². The summed E-state index contributed by atoms with van der Waals surface area (Å²) in [6.07, 6.45) is 1.83. The number of anilines is 1. The highest BCUT2D eigenvalue weighted by molar-refractivity contribution is 7.98. The average molecular weight is 420 g/mol. The van der Waals surface area contributed by atoms with Crippen molar-refractivity contribution in [3.63, 3.8) is 0 Å².